The van der Waals surface area contributed by atoms with E-state index in [4.69, 9.17) is 14.6 Å². The Bertz CT molecular complexity index is 706. The van der Waals surface area contributed by atoms with Crippen molar-refractivity contribution < 1.29 is 24.2 Å². The van der Waals surface area contributed by atoms with Crippen LogP contribution < -0.4 is 10.1 Å². The molecule has 0 fully saturated rings. The number of hydrogen-bond donors (Lipinski definition) is 2. The number of rotatable bonds is 13. The predicted molar refractivity (Wildman–Crippen MR) is 124 cm³/mol. The lowest BCUT2D eigenvalue weighted by Gasteiger charge is -2.29. The Morgan fingerprint density at radius 1 is 1.03 bits per heavy atom. The number of unbranched alkanes of at least 4 members (excludes halogenated alkanes) is 4. The van der Waals surface area contributed by atoms with Crippen LogP contribution in [0.25, 0.3) is 0 Å². The first-order valence-corrected chi connectivity index (χ1v) is 11.2. The van der Waals surface area contributed by atoms with Gasteiger partial charge in [-0.05, 0) is 64.7 Å². The highest BCUT2D eigenvalue weighted by molar-refractivity contribution is 5.80. The number of hydrogen-bond acceptors (Lipinski definition) is 4. The first kappa shape index (κ1) is 26.5. The zero-order chi connectivity index (χ0) is 23.3. The maximum Gasteiger partial charge on any atom is 0.408 e. The highest BCUT2D eigenvalue weighted by atomic mass is 16.6. The molecule has 0 aliphatic carbocycles. The van der Waals surface area contributed by atoms with Crippen molar-refractivity contribution >= 4 is 12.1 Å². The van der Waals surface area contributed by atoms with E-state index in [1.807, 2.05) is 24.3 Å². The molecular formula is C25H39NO5. The van der Waals surface area contributed by atoms with Gasteiger partial charge in [0.05, 0.1) is 12.1 Å². The van der Waals surface area contributed by atoms with Gasteiger partial charge in [-0.2, -0.15) is 0 Å². The number of ether oxygens (including phenoxy) is 2. The molecule has 1 rings (SSSR count). The Morgan fingerprint density at radius 3 is 2.26 bits per heavy atom. The summed E-state index contributed by atoms with van der Waals surface area (Å²) in [6.07, 6.45) is 9.17. The third-order valence-electron chi connectivity index (χ3n) is 4.75. The maximum atomic E-state index is 12.2. The standard InChI is InChI=1S/C25H39NO5/c1-6-7-8-9-10-19-30-21-13-11-20(12-14-21)15-17-25(5,18-16-22(27)28)26-23(29)31-24(2,3)4/h11-14,16,18H,6-10,15,17,19H2,1-5H3,(H,26,29)(H,27,28). The summed E-state index contributed by atoms with van der Waals surface area (Å²) in [5, 5.41) is 11.8. The minimum absolute atomic E-state index is 0.521. The molecule has 2 N–H and O–H groups in total. The van der Waals surface area contributed by atoms with Gasteiger partial charge in [-0.15, -0.1) is 0 Å². The number of aryl methyl sites for hydroxylation is 1. The van der Waals surface area contributed by atoms with Gasteiger partial charge in [-0.1, -0.05) is 50.8 Å². The third kappa shape index (κ3) is 12.7. The molecule has 1 amide bonds. The summed E-state index contributed by atoms with van der Waals surface area (Å²) in [7, 11) is 0. The number of benzene rings is 1. The summed E-state index contributed by atoms with van der Waals surface area (Å²) in [5.41, 5.74) is -0.405. The molecule has 0 saturated heterocycles. The topological polar surface area (TPSA) is 84.9 Å². The molecule has 0 aliphatic rings. The van der Waals surface area contributed by atoms with Crippen molar-refractivity contribution in [3.63, 3.8) is 0 Å². The van der Waals surface area contributed by atoms with Crippen molar-refractivity contribution in [3.05, 3.63) is 42.0 Å². The Kier molecular flexibility index (Phi) is 11.2. The van der Waals surface area contributed by atoms with Gasteiger partial charge in [0.15, 0.2) is 0 Å². The second-order valence-corrected chi connectivity index (χ2v) is 9.12. The molecule has 0 spiro atoms. The lowest BCUT2D eigenvalue weighted by molar-refractivity contribution is -0.131. The molecule has 31 heavy (non-hydrogen) atoms. The average Bonchev–Trinajstić information content (AvgIpc) is 2.67. The van der Waals surface area contributed by atoms with Gasteiger partial charge >= 0.3 is 12.1 Å². The van der Waals surface area contributed by atoms with Crippen LogP contribution in [-0.4, -0.2) is 34.9 Å². The van der Waals surface area contributed by atoms with Crippen molar-refractivity contribution in [3.8, 4) is 5.75 Å². The van der Waals surface area contributed by atoms with E-state index in [2.05, 4.69) is 12.2 Å². The van der Waals surface area contributed by atoms with Gasteiger partial charge in [0, 0.05) is 6.08 Å². The van der Waals surface area contributed by atoms with E-state index in [1.54, 1.807) is 27.7 Å². The number of aliphatic carboxylic acids is 1. The number of carboxylic acid groups (broad SMARTS) is 1. The van der Waals surface area contributed by atoms with E-state index >= 15 is 0 Å². The van der Waals surface area contributed by atoms with Gasteiger partial charge in [-0.25, -0.2) is 9.59 Å². The SMILES string of the molecule is CCCCCCCOc1ccc(CCC(C)(C=CC(=O)O)NC(=O)OC(C)(C)C)cc1. The van der Waals surface area contributed by atoms with E-state index in [1.165, 1.54) is 31.8 Å². The van der Waals surface area contributed by atoms with Crippen LogP contribution in [0.1, 0.15) is 78.7 Å². The molecular weight excluding hydrogens is 394 g/mol. The smallest absolute Gasteiger partial charge is 0.408 e. The summed E-state index contributed by atoms with van der Waals surface area (Å²) < 4.78 is 11.1. The fourth-order valence-corrected chi connectivity index (χ4v) is 3.03. The molecule has 0 bridgehead atoms. The number of amides is 1. The van der Waals surface area contributed by atoms with Crippen LogP contribution in [0.2, 0.25) is 0 Å². The van der Waals surface area contributed by atoms with Gasteiger partial charge in [-0.3, -0.25) is 0 Å². The molecule has 6 heteroatoms. The van der Waals surface area contributed by atoms with Crippen LogP contribution in [0.4, 0.5) is 4.79 Å². The molecule has 1 unspecified atom stereocenters. The van der Waals surface area contributed by atoms with Gasteiger partial charge < -0.3 is 19.9 Å². The van der Waals surface area contributed by atoms with Crippen LogP contribution in [-0.2, 0) is 16.0 Å². The zero-order valence-electron chi connectivity index (χ0n) is 19.7. The van der Waals surface area contributed by atoms with Gasteiger partial charge in [0.2, 0.25) is 0 Å². The zero-order valence-corrected chi connectivity index (χ0v) is 19.7. The first-order chi connectivity index (χ1) is 14.5. The Balaban J connectivity index is 2.62. The quantitative estimate of drug-likeness (QED) is 0.299. The number of nitrogens with one attached hydrogen (secondary N) is 1. The van der Waals surface area contributed by atoms with Crippen LogP contribution in [0.5, 0.6) is 5.75 Å². The van der Waals surface area contributed by atoms with Gasteiger partial charge in [0.25, 0.3) is 0 Å². The van der Waals surface area contributed by atoms with Crippen LogP contribution >= 0.6 is 0 Å². The van der Waals surface area contributed by atoms with Crippen LogP contribution in [0.15, 0.2) is 36.4 Å². The minimum Gasteiger partial charge on any atom is -0.494 e. The third-order valence-corrected chi connectivity index (χ3v) is 4.75. The highest BCUT2D eigenvalue weighted by Gasteiger charge is 2.26. The van der Waals surface area contributed by atoms with Gasteiger partial charge in [0.1, 0.15) is 11.4 Å². The van der Waals surface area contributed by atoms with Crippen molar-refractivity contribution in [2.24, 2.45) is 0 Å². The fraction of sp³-hybridized carbons (Fsp3) is 0.600. The lowest BCUT2D eigenvalue weighted by Crippen LogP contribution is -2.47. The van der Waals surface area contributed by atoms with E-state index < -0.39 is 23.2 Å². The van der Waals surface area contributed by atoms with E-state index in [9.17, 15) is 9.59 Å². The Labute approximate surface area is 187 Å². The number of carbonyl (C=O) groups is 2. The predicted octanol–water partition coefficient (Wildman–Crippen LogP) is 5.89. The second-order valence-electron chi connectivity index (χ2n) is 9.12. The van der Waals surface area contributed by atoms with Crippen LogP contribution in [0, 0.1) is 0 Å². The molecule has 0 aromatic heterocycles. The summed E-state index contributed by atoms with van der Waals surface area (Å²) in [6.45, 7) is 10.1. The molecule has 0 aliphatic heterocycles. The second kappa shape index (κ2) is 13.0. The molecule has 6 nitrogen and oxygen atoms in total. The highest BCUT2D eigenvalue weighted by Crippen LogP contribution is 2.20. The number of carboxylic acids is 1. The molecule has 1 aromatic carbocycles. The maximum absolute atomic E-state index is 12.2. The van der Waals surface area contributed by atoms with Crippen molar-refractivity contribution in [2.75, 3.05) is 6.61 Å². The Morgan fingerprint density at radius 2 is 1.68 bits per heavy atom. The van der Waals surface area contributed by atoms with E-state index in [-0.39, 0.29) is 0 Å². The minimum atomic E-state index is -1.06. The molecule has 0 saturated carbocycles. The summed E-state index contributed by atoms with van der Waals surface area (Å²) in [5.74, 6) is -0.215. The molecule has 174 valence electrons. The normalized spacial score (nSPS) is 13.6. The molecule has 0 heterocycles. The van der Waals surface area contributed by atoms with E-state index in [0.717, 1.165) is 30.4 Å². The summed E-state index contributed by atoms with van der Waals surface area (Å²) in [4.78, 5) is 23.2. The first-order valence-electron chi connectivity index (χ1n) is 11.2. The summed E-state index contributed by atoms with van der Waals surface area (Å²) in [6, 6.07) is 7.91. The summed E-state index contributed by atoms with van der Waals surface area (Å²) >= 11 is 0. The largest absolute Gasteiger partial charge is 0.494 e. The Hall–Kier alpha value is -2.50. The number of carbonyl (C=O) groups excluding carboxylic acids is 1. The molecule has 0 radical (unpaired) electrons. The average molecular weight is 434 g/mol. The van der Waals surface area contributed by atoms with Crippen LogP contribution in [0.3, 0.4) is 0 Å². The molecule has 1 aromatic rings. The fourth-order valence-electron chi connectivity index (χ4n) is 3.03. The number of alkyl carbamates (subject to hydrolysis) is 1. The van der Waals surface area contributed by atoms with Crippen molar-refractivity contribution in [1.82, 2.24) is 5.32 Å². The van der Waals surface area contributed by atoms with Crippen molar-refractivity contribution in [1.29, 1.82) is 0 Å². The van der Waals surface area contributed by atoms with Crippen molar-refractivity contribution in [2.45, 2.75) is 90.7 Å². The monoisotopic (exact) mass is 433 g/mol. The molecule has 1 atom stereocenters. The van der Waals surface area contributed by atoms with E-state index in [0.29, 0.717) is 12.8 Å². The lowest BCUT2D eigenvalue weighted by atomic mass is 9.92.